The summed E-state index contributed by atoms with van der Waals surface area (Å²) in [6.45, 7) is 7.07. The van der Waals surface area contributed by atoms with Gasteiger partial charge < -0.3 is 10.5 Å². The van der Waals surface area contributed by atoms with Crippen LogP contribution in [0.25, 0.3) is 0 Å². The average molecular weight is 441 g/mol. The molecule has 2 aromatic rings. The average Bonchev–Trinajstić information content (AvgIpc) is 3.30. The van der Waals surface area contributed by atoms with Crippen molar-refractivity contribution >= 4 is 33.1 Å². The summed E-state index contributed by atoms with van der Waals surface area (Å²) in [4.78, 5) is 24.9. The molecule has 0 bridgehead atoms. The Kier molecular flexibility index (Phi) is 5.95. The van der Waals surface area contributed by atoms with Gasteiger partial charge in [-0.05, 0) is 12.1 Å². The lowest BCUT2D eigenvalue weighted by Gasteiger charge is -2.25. The van der Waals surface area contributed by atoms with E-state index in [4.69, 9.17) is 10.5 Å². The number of aromatic amines is 1. The lowest BCUT2D eigenvalue weighted by molar-refractivity contribution is 0.0731. The summed E-state index contributed by atoms with van der Waals surface area (Å²) in [7, 11) is -3.78. The molecule has 29 heavy (non-hydrogen) atoms. The van der Waals surface area contributed by atoms with E-state index in [1.165, 1.54) is 10.4 Å². The number of rotatable bonds is 6. The molecule has 3 rings (SSSR count). The number of thiophene rings is 1. The summed E-state index contributed by atoms with van der Waals surface area (Å²) < 4.78 is 32.2. The molecular weight excluding hydrogens is 416 g/mol. The van der Waals surface area contributed by atoms with Crippen LogP contribution < -0.4 is 5.73 Å². The van der Waals surface area contributed by atoms with Crippen molar-refractivity contribution in [1.29, 1.82) is 0 Å². The lowest BCUT2D eigenvalue weighted by Crippen LogP contribution is -2.40. The molecule has 0 unspecified atom stereocenters. The first-order valence-corrected chi connectivity index (χ1v) is 11.4. The van der Waals surface area contributed by atoms with Gasteiger partial charge in [0.15, 0.2) is 5.78 Å². The predicted octanol–water partition coefficient (Wildman–Crippen LogP) is 1.31. The Hall–Kier alpha value is -2.08. The van der Waals surface area contributed by atoms with Gasteiger partial charge in [0.05, 0.1) is 18.8 Å². The van der Waals surface area contributed by atoms with Crippen molar-refractivity contribution in [2.75, 3.05) is 26.3 Å². The first-order valence-electron chi connectivity index (χ1n) is 9.09. The largest absolute Gasteiger partial charge is 0.379 e. The number of Topliss-reactive ketones (excluding diaryl/α,β-unsaturated/α-hetero) is 1. The number of nitrogens with zero attached hydrogens (tertiary/aromatic N) is 2. The highest BCUT2D eigenvalue weighted by atomic mass is 32.2. The first-order chi connectivity index (χ1) is 13.5. The third kappa shape index (κ3) is 4.58. The number of sulfonamides is 1. The van der Waals surface area contributed by atoms with E-state index in [9.17, 15) is 18.0 Å². The van der Waals surface area contributed by atoms with Gasteiger partial charge in [-0.2, -0.15) is 9.40 Å². The summed E-state index contributed by atoms with van der Waals surface area (Å²) in [6.07, 6.45) is -0.157. The number of ketones is 1. The number of primary amides is 1. The van der Waals surface area contributed by atoms with Gasteiger partial charge in [-0.15, -0.1) is 11.3 Å². The summed E-state index contributed by atoms with van der Waals surface area (Å²) in [5.74, 6) is -1.10. The molecular formula is C18H24N4O5S2. The molecule has 1 amide bonds. The van der Waals surface area contributed by atoms with E-state index in [0.29, 0.717) is 18.1 Å². The van der Waals surface area contributed by atoms with E-state index >= 15 is 0 Å². The Balaban J connectivity index is 1.88. The van der Waals surface area contributed by atoms with Crippen LogP contribution in [0, 0.1) is 0 Å². The van der Waals surface area contributed by atoms with Gasteiger partial charge in [0.1, 0.15) is 9.90 Å². The fourth-order valence-corrected chi connectivity index (χ4v) is 5.95. The number of morpholine rings is 1. The number of carbonyl (C=O) groups is 2. The van der Waals surface area contributed by atoms with Gasteiger partial charge in [0.2, 0.25) is 5.91 Å². The van der Waals surface area contributed by atoms with Crippen molar-refractivity contribution in [1.82, 2.24) is 14.5 Å². The lowest BCUT2D eigenvalue weighted by atomic mass is 9.92. The smallest absolute Gasteiger partial charge is 0.252 e. The van der Waals surface area contributed by atoms with Gasteiger partial charge in [0, 0.05) is 35.5 Å². The van der Waals surface area contributed by atoms with E-state index in [0.717, 1.165) is 17.0 Å². The van der Waals surface area contributed by atoms with Crippen LogP contribution >= 0.6 is 11.3 Å². The van der Waals surface area contributed by atoms with Crippen LogP contribution in [0.3, 0.4) is 0 Å². The molecule has 9 nitrogen and oxygen atoms in total. The normalized spacial score (nSPS) is 16.1. The van der Waals surface area contributed by atoms with Crippen LogP contribution in [0.4, 0.5) is 0 Å². The number of hydrogen-bond acceptors (Lipinski definition) is 7. The van der Waals surface area contributed by atoms with E-state index in [2.05, 4.69) is 10.2 Å². The van der Waals surface area contributed by atoms with E-state index in [1.807, 2.05) is 20.8 Å². The molecule has 2 aromatic heterocycles. The molecule has 0 aliphatic carbocycles. The SMILES string of the molecule is CC(C)(C)c1cc(C(=O)Cc2sc(S(=O)(=O)N3CCOCC3)cc2C(N)=O)n[nH]1. The van der Waals surface area contributed by atoms with Crippen molar-refractivity contribution in [3.63, 3.8) is 0 Å². The molecule has 1 fully saturated rings. The summed E-state index contributed by atoms with van der Waals surface area (Å²) in [5.41, 5.74) is 6.31. The van der Waals surface area contributed by atoms with Gasteiger partial charge in [-0.25, -0.2) is 8.42 Å². The zero-order valence-corrected chi connectivity index (χ0v) is 18.2. The Labute approximate surface area is 173 Å². The van der Waals surface area contributed by atoms with Crippen LogP contribution in [0.5, 0.6) is 0 Å². The Morgan fingerprint density at radius 2 is 1.93 bits per heavy atom. The number of H-pyrrole nitrogens is 1. The number of amides is 1. The first kappa shape index (κ1) is 21.6. The number of hydrogen-bond donors (Lipinski definition) is 2. The second-order valence-corrected chi connectivity index (χ2v) is 11.1. The molecule has 3 N–H and O–H groups in total. The Morgan fingerprint density at radius 1 is 1.28 bits per heavy atom. The van der Waals surface area contributed by atoms with Gasteiger partial charge in [-0.3, -0.25) is 14.7 Å². The van der Waals surface area contributed by atoms with Crippen molar-refractivity contribution in [3.8, 4) is 0 Å². The Bertz CT molecular complexity index is 1030. The number of carbonyl (C=O) groups excluding carboxylic acids is 2. The third-order valence-electron chi connectivity index (χ3n) is 4.61. The van der Waals surface area contributed by atoms with Crippen LogP contribution in [-0.2, 0) is 26.6 Å². The molecule has 1 aliphatic heterocycles. The van der Waals surface area contributed by atoms with Crippen LogP contribution in [0.1, 0.15) is 52.2 Å². The standard InChI is InChI=1S/C18H24N4O5S2/c1-18(2,3)15-9-12(20-21-15)13(23)10-14-11(17(19)24)8-16(28-14)29(25,26)22-4-6-27-7-5-22/h8-9H,4-7,10H2,1-3H3,(H2,19,24)(H,20,21). The highest BCUT2D eigenvalue weighted by Gasteiger charge is 2.31. The van der Waals surface area contributed by atoms with Crippen molar-refractivity contribution in [2.24, 2.45) is 5.73 Å². The fourth-order valence-electron chi connectivity index (χ4n) is 2.87. The van der Waals surface area contributed by atoms with Crippen LogP contribution in [0.2, 0.25) is 0 Å². The molecule has 1 saturated heterocycles. The maximum Gasteiger partial charge on any atom is 0.252 e. The van der Waals surface area contributed by atoms with E-state index < -0.39 is 15.9 Å². The fraction of sp³-hybridized carbons (Fsp3) is 0.500. The monoisotopic (exact) mass is 440 g/mol. The molecule has 0 radical (unpaired) electrons. The number of aromatic nitrogens is 2. The highest BCUT2D eigenvalue weighted by Crippen LogP contribution is 2.30. The van der Waals surface area contributed by atoms with Crippen molar-refractivity contribution in [3.05, 3.63) is 34.0 Å². The second kappa shape index (κ2) is 7.98. The molecule has 1 aliphatic rings. The van der Waals surface area contributed by atoms with Crippen molar-refractivity contribution < 1.29 is 22.7 Å². The molecule has 3 heterocycles. The van der Waals surface area contributed by atoms with Crippen LogP contribution in [0.15, 0.2) is 16.3 Å². The number of nitrogens with one attached hydrogen (secondary N) is 1. The van der Waals surface area contributed by atoms with E-state index in [-0.39, 0.29) is 46.2 Å². The quantitative estimate of drug-likeness (QED) is 0.650. The van der Waals surface area contributed by atoms with Gasteiger partial charge >= 0.3 is 0 Å². The zero-order valence-electron chi connectivity index (χ0n) is 16.5. The van der Waals surface area contributed by atoms with Crippen molar-refractivity contribution in [2.45, 2.75) is 36.8 Å². The summed E-state index contributed by atoms with van der Waals surface area (Å²) >= 11 is 0.894. The third-order valence-corrected chi connectivity index (χ3v) is 8.09. The number of nitrogens with two attached hydrogens (primary N) is 1. The molecule has 0 atom stereocenters. The summed E-state index contributed by atoms with van der Waals surface area (Å²) in [6, 6.07) is 2.93. The number of ether oxygens (including phenoxy) is 1. The van der Waals surface area contributed by atoms with Gasteiger partial charge in [-0.1, -0.05) is 20.8 Å². The maximum absolute atomic E-state index is 12.9. The molecule has 0 aromatic carbocycles. The topological polar surface area (TPSA) is 135 Å². The van der Waals surface area contributed by atoms with Crippen LogP contribution in [-0.4, -0.2) is 60.9 Å². The maximum atomic E-state index is 12.9. The second-order valence-electron chi connectivity index (χ2n) is 7.80. The highest BCUT2D eigenvalue weighted by molar-refractivity contribution is 7.91. The summed E-state index contributed by atoms with van der Waals surface area (Å²) in [5, 5.41) is 6.90. The predicted molar refractivity (Wildman–Crippen MR) is 108 cm³/mol. The molecule has 11 heteroatoms. The Morgan fingerprint density at radius 3 is 2.48 bits per heavy atom. The molecule has 0 saturated carbocycles. The minimum Gasteiger partial charge on any atom is -0.379 e. The van der Waals surface area contributed by atoms with Gasteiger partial charge in [0.25, 0.3) is 10.0 Å². The minimum absolute atomic E-state index is 0.00610. The molecule has 0 spiro atoms. The minimum atomic E-state index is -3.78. The zero-order chi connectivity index (χ0) is 21.4. The van der Waals surface area contributed by atoms with E-state index in [1.54, 1.807) is 6.07 Å². The molecule has 158 valence electrons.